The average molecular weight is 179 g/mol. The van der Waals surface area contributed by atoms with Crippen LogP contribution in [0.3, 0.4) is 0 Å². The van der Waals surface area contributed by atoms with Gasteiger partial charge in [-0.2, -0.15) is 0 Å². The van der Waals surface area contributed by atoms with E-state index in [1.807, 2.05) is 6.92 Å². The molecule has 2 rings (SSSR count). The minimum atomic E-state index is 0.254. The van der Waals surface area contributed by atoms with Crippen molar-refractivity contribution in [1.82, 2.24) is 4.90 Å². The van der Waals surface area contributed by atoms with Crippen molar-refractivity contribution in [2.24, 2.45) is 11.8 Å². The van der Waals surface area contributed by atoms with Gasteiger partial charge in [-0.1, -0.05) is 13.5 Å². The number of allylic oxidation sites excluding steroid dienone is 1. The Morgan fingerprint density at radius 2 is 2.00 bits per heavy atom. The fraction of sp³-hybridized carbons (Fsp3) is 0.727. The number of hydrogen-bond acceptors (Lipinski definition) is 2. The number of Topliss-reactive ketones (excluding diaryl/α,β-unsaturated/α-hetero) is 1. The van der Waals surface area contributed by atoms with Crippen molar-refractivity contribution in [3.63, 3.8) is 0 Å². The predicted molar refractivity (Wildman–Crippen MR) is 52.2 cm³/mol. The smallest absolute Gasteiger partial charge is 0.132 e. The highest BCUT2D eigenvalue weighted by molar-refractivity contribution is 5.78. The summed E-state index contributed by atoms with van der Waals surface area (Å²) < 4.78 is 0. The molecular formula is C11H17NO. The van der Waals surface area contributed by atoms with E-state index in [0.717, 1.165) is 24.4 Å². The second-order valence-electron chi connectivity index (χ2n) is 4.53. The fourth-order valence-electron chi connectivity index (χ4n) is 2.28. The normalized spacial score (nSPS) is 36.5. The van der Waals surface area contributed by atoms with Gasteiger partial charge in [-0.25, -0.2) is 0 Å². The highest BCUT2D eigenvalue weighted by atomic mass is 16.1. The first-order chi connectivity index (χ1) is 6.04. The monoisotopic (exact) mass is 179 g/mol. The Morgan fingerprint density at radius 1 is 1.46 bits per heavy atom. The number of hydrogen-bond donors (Lipinski definition) is 0. The van der Waals surface area contributed by atoms with E-state index in [1.165, 1.54) is 5.70 Å². The first-order valence-electron chi connectivity index (χ1n) is 4.98. The van der Waals surface area contributed by atoms with E-state index in [4.69, 9.17) is 0 Å². The number of carbonyl (C=O) groups excluding carboxylic acids is 1. The molecule has 72 valence electrons. The zero-order valence-electron chi connectivity index (χ0n) is 8.58. The van der Waals surface area contributed by atoms with E-state index < -0.39 is 0 Å². The van der Waals surface area contributed by atoms with Gasteiger partial charge in [0, 0.05) is 17.5 Å². The van der Waals surface area contributed by atoms with Gasteiger partial charge < -0.3 is 4.90 Å². The van der Waals surface area contributed by atoms with Crippen molar-refractivity contribution in [3.05, 3.63) is 12.3 Å². The fourth-order valence-corrected chi connectivity index (χ4v) is 2.28. The molecule has 1 aliphatic carbocycles. The lowest BCUT2D eigenvalue weighted by molar-refractivity contribution is -0.120. The molecule has 3 atom stereocenters. The molecule has 0 aromatic carbocycles. The Bertz CT molecular complexity index is 261. The summed E-state index contributed by atoms with van der Waals surface area (Å²) in [5, 5.41) is 0. The average Bonchev–Trinajstić information content (AvgIpc) is 2.84. The Hall–Kier alpha value is -0.790. The van der Waals surface area contributed by atoms with Crippen LogP contribution in [0.5, 0.6) is 0 Å². The summed E-state index contributed by atoms with van der Waals surface area (Å²) in [6.45, 7) is 9.68. The number of likely N-dealkylation sites (tertiary alicyclic amines) is 1. The third-order valence-electron chi connectivity index (χ3n) is 3.40. The van der Waals surface area contributed by atoms with E-state index in [1.54, 1.807) is 6.92 Å². The summed E-state index contributed by atoms with van der Waals surface area (Å²) in [4.78, 5) is 13.4. The molecule has 1 aliphatic heterocycles. The quantitative estimate of drug-likeness (QED) is 0.613. The van der Waals surface area contributed by atoms with Crippen LogP contribution in [0.2, 0.25) is 0 Å². The van der Waals surface area contributed by atoms with Crippen molar-refractivity contribution in [2.45, 2.75) is 39.3 Å². The van der Waals surface area contributed by atoms with Gasteiger partial charge in [0.05, 0.1) is 12.1 Å². The van der Waals surface area contributed by atoms with E-state index in [0.29, 0.717) is 5.78 Å². The largest absolute Gasteiger partial charge is 0.365 e. The molecule has 0 spiro atoms. The van der Waals surface area contributed by atoms with Crippen LogP contribution in [-0.2, 0) is 4.79 Å². The summed E-state index contributed by atoms with van der Waals surface area (Å²) in [5.74, 6) is 1.37. The third kappa shape index (κ3) is 1.28. The maximum absolute atomic E-state index is 11.0. The van der Waals surface area contributed by atoms with Crippen LogP contribution in [0.1, 0.15) is 27.2 Å². The van der Waals surface area contributed by atoms with Crippen LogP contribution in [0.4, 0.5) is 0 Å². The maximum atomic E-state index is 11.0. The molecule has 0 aromatic heterocycles. The lowest BCUT2D eigenvalue weighted by atomic mass is 9.99. The van der Waals surface area contributed by atoms with Crippen LogP contribution in [0.15, 0.2) is 12.3 Å². The molecule has 2 nitrogen and oxygen atoms in total. The van der Waals surface area contributed by atoms with E-state index in [-0.39, 0.29) is 5.92 Å². The first kappa shape index (κ1) is 8.79. The summed E-state index contributed by atoms with van der Waals surface area (Å²) in [5.41, 5.74) is 1.18. The van der Waals surface area contributed by atoms with E-state index in [9.17, 15) is 4.79 Å². The molecule has 0 bridgehead atoms. The molecular weight excluding hydrogens is 162 g/mol. The number of carbonyl (C=O) groups is 1. The zero-order valence-corrected chi connectivity index (χ0v) is 8.58. The Kier molecular flexibility index (Phi) is 1.76. The molecule has 2 fully saturated rings. The Morgan fingerprint density at radius 3 is 2.38 bits per heavy atom. The lowest BCUT2D eigenvalue weighted by Crippen LogP contribution is -2.19. The Balaban J connectivity index is 1.74. The van der Waals surface area contributed by atoms with E-state index >= 15 is 0 Å². The summed E-state index contributed by atoms with van der Waals surface area (Å²) in [6.07, 6.45) is 1.08. The molecule has 1 saturated heterocycles. The van der Waals surface area contributed by atoms with Crippen LogP contribution in [0.25, 0.3) is 0 Å². The molecule has 3 unspecified atom stereocenters. The number of rotatable bonds is 4. The van der Waals surface area contributed by atoms with Crippen molar-refractivity contribution in [3.8, 4) is 0 Å². The summed E-state index contributed by atoms with van der Waals surface area (Å²) >= 11 is 0. The van der Waals surface area contributed by atoms with Crippen LogP contribution < -0.4 is 0 Å². The van der Waals surface area contributed by atoms with Gasteiger partial charge in [0.25, 0.3) is 0 Å². The third-order valence-corrected chi connectivity index (χ3v) is 3.40. The van der Waals surface area contributed by atoms with Gasteiger partial charge in [0.1, 0.15) is 5.78 Å². The number of nitrogens with zero attached hydrogens (tertiary/aromatic N) is 1. The first-order valence-corrected chi connectivity index (χ1v) is 4.98. The lowest BCUT2D eigenvalue weighted by Gasteiger charge is -2.18. The summed E-state index contributed by atoms with van der Waals surface area (Å²) in [6, 6.07) is 1.50. The minimum Gasteiger partial charge on any atom is -0.365 e. The van der Waals surface area contributed by atoms with Crippen molar-refractivity contribution in [1.29, 1.82) is 0 Å². The standard InChI is InChI=1S/C11H17NO/c1-6(2)12-10-9(11(10)12)5-7(3)8(4)13/h7,9-11H,1,5H2,2-4H3. The van der Waals surface area contributed by atoms with Gasteiger partial charge in [-0.3, -0.25) is 4.79 Å². The summed E-state index contributed by atoms with van der Waals surface area (Å²) in [7, 11) is 0. The van der Waals surface area contributed by atoms with Crippen molar-refractivity contribution >= 4 is 5.78 Å². The highest BCUT2D eigenvalue weighted by Crippen LogP contribution is 2.61. The van der Waals surface area contributed by atoms with Gasteiger partial charge >= 0.3 is 0 Å². The van der Waals surface area contributed by atoms with Crippen LogP contribution in [-0.4, -0.2) is 22.8 Å². The maximum Gasteiger partial charge on any atom is 0.132 e. The second kappa shape index (κ2) is 2.60. The van der Waals surface area contributed by atoms with Gasteiger partial charge in [0.2, 0.25) is 0 Å². The topological polar surface area (TPSA) is 20.1 Å². The predicted octanol–water partition coefficient (Wildman–Crippen LogP) is 1.82. The molecule has 0 radical (unpaired) electrons. The van der Waals surface area contributed by atoms with Crippen LogP contribution in [0, 0.1) is 11.8 Å². The highest BCUT2D eigenvalue weighted by Gasteiger charge is 2.71. The van der Waals surface area contributed by atoms with Gasteiger partial charge in [-0.05, 0) is 20.3 Å². The number of ketones is 1. The zero-order chi connectivity index (χ0) is 9.75. The van der Waals surface area contributed by atoms with E-state index in [2.05, 4.69) is 18.4 Å². The van der Waals surface area contributed by atoms with Crippen LogP contribution >= 0.6 is 0 Å². The molecule has 0 N–H and O–H groups in total. The van der Waals surface area contributed by atoms with Gasteiger partial charge in [0.15, 0.2) is 0 Å². The Labute approximate surface area is 79.6 Å². The van der Waals surface area contributed by atoms with Gasteiger partial charge in [-0.15, -0.1) is 0 Å². The second-order valence-corrected chi connectivity index (χ2v) is 4.53. The molecule has 0 amide bonds. The molecule has 2 heteroatoms. The minimum absolute atomic E-state index is 0.254. The molecule has 2 aliphatic rings. The SMILES string of the molecule is C=C(C)N1C2C(CC(C)C(C)=O)C21. The van der Waals surface area contributed by atoms with Crippen molar-refractivity contribution < 1.29 is 4.79 Å². The molecule has 13 heavy (non-hydrogen) atoms. The number of fused-ring (bicyclic) bond motifs is 1. The molecule has 0 aromatic rings. The molecule has 1 heterocycles. The molecule has 1 saturated carbocycles. The van der Waals surface area contributed by atoms with Crippen molar-refractivity contribution in [2.75, 3.05) is 0 Å².